The Bertz CT molecular complexity index is 1200. The van der Waals surface area contributed by atoms with Crippen molar-refractivity contribution in [3.63, 3.8) is 0 Å². The molecule has 4 aromatic rings. The van der Waals surface area contributed by atoms with Crippen LogP contribution in [0.1, 0.15) is 12.5 Å². The van der Waals surface area contributed by atoms with Gasteiger partial charge in [0.2, 0.25) is 5.91 Å². The highest BCUT2D eigenvalue weighted by Gasteiger charge is 2.11. The molecule has 0 unspecified atom stereocenters. The van der Waals surface area contributed by atoms with E-state index in [2.05, 4.69) is 26.7 Å². The second-order valence-electron chi connectivity index (χ2n) is 6.23. The van der Waals surface area contributed by atoms with Crippen molar-refractivity contribution in [2.24, 2.45) is 0 Å². The van der Waals surface area contributed by atoms with Gasteiger partial charge in [0.05, 0.1) is 36.1 Å². The highest BCUT2D eigenvalue weighted by molar-refractivity contribution is 5.91. The maximum Gasteiger partial charge on any atom is 0.247 e. The third-order valence-corrected chi connectivity index (χ3v) is 4.35. The number of nitrogens with one attached hydrogen (secondary N) is 1. The van der Waals surface area contributed by atoms with Crippen LogP contribution in [0.2, 0.25) is 0 Å². The Morgan fingerprint density at radius 2 is 2.00 bits per heavy atom. The molecule has 4 rings (SSSR count). The average molecular weight is 371 g/mol. The van der Waals surface area contributed by atoms with Gasteiger partial charge in [0.15, 0.2) is 5.82 Å². The molecule has 0 aliphatic rings. The molecule has 0 saturated heterocycles. The van der Waals surface area contributed by atoms with E-state index >= 15 is 0 Å². The molecule has 28 heavy (non-hydrogen) atoms. The largest absolute Gasteiger partial charge is 0.306 e. The van der Waals surface area contributed by atoms with Gasteiger partial charge >= 0.3 is 0 Å². The van der Waals surface area contributed by atoms with Crippen LogP contribution in [0, 0.1) is 11.3 Å². The highest BCUT2D eigenvalue weighted by Crippen LogP contribution is 2.25. The third kappa shape index (κ3) is 3.46. The van der Waals surface area contributed by atoms with E-state index in [9.17, 15) is 4.79 Å². The molecule has 2 aromatic carbocycles. The molecule has 0 fully saturated rings. The highest BCUT2D eigenvalue weighted by atomic mass is 16.2. The fourth-order valence-electron chi connectivity index (χ4n) is 2.99. The van der Waals surface area contributed by atoms with Gasteiger partial charge in [0.1, 0.15) is 6.54 Å². The molecular weight excluding hydrogens is 354 g/mol. The van der Waals surface area contributed by atoms with Crippen LogP contribution in [0.4, 0.5) is 5.82 Å². The Kier molecular flexibility index (Phi) is 4.56. The number of anilines is 1. The molecule has 138 valence electrons. The number of carbonyl (C=O) groups is 1. The second-order valence-corrected chi connectivity index (χ2v) is 6.23. The molecule has 8 nitrogen and oxygen atoms in total. The van der Waals surface area contributed by atoms with Gasteiger partial charge in [-0.1, -0.05) is 18.2 Å². The SMILES string of the molecule is CCn1ncc(NC(=O)Cn2ncc3cc(-c4cccc(C#N)c4)ccc32)n1. The predicted octanol–water partition coefficient (Wildman–Crippen LogP) is 2.83. The number of benzene rings is 2. The normalized spacial score (nSPS) is 10.7. The topological polar surface area (TPSA) is 101 Å². The maximum absolute atomic E-state index is 12.3. The van der Waals surface area contributed by atoms with Crippen LogP contribution >= 0.6 is 0 Å². The number of aryl methyl sites for hydroxylation is 1. The van der Waals surface area contributed by atoms with Crippen molar-refractivity contribution in [3.8, 4) is 17.2 Å². The van der Waals surface area contributed by atoms with Crippen LogP contribution in [0.15, 0.2) is 54.9 Å². The number of carbonyl (C=O) groups excluding carboxylic acids is 1. The summed E-state index contributed by atoms with van der Waals surface area (Å²) < 4.78 is 1.64. The predicted molar refractivity (Wildman–Crippen MR) is 104 cm³/mol. The summed E-state index contributed by atoms with van der Waals surface area (Å²) >= 11 is 0. The van der Waals surface area contributed by atoms with Gasteiger partial charge in [-0.05, 0) is 42.3 Å². The van der Waals surface area contributed by atoms with E-state index in [0.717, 1.165) is 22.0 Å². The number of hydrogen-bond donors (Lipinski definition) is 1. The molecular formula is C20H17N7O. The lowest BCUT2D eigenvalue weighted by Crippen LogP contribution is -2.19. The second kappa shape index (κ2) is 7.32. The lowest BCUT2D eigenvalue weighted by atomic mass is 10.0. The van der Waals surface area contributed by atoms with Crippen molar-refractivity contribution >= 4 is 22.6 Å². The molecule has 0 saturated carbocycles. The monoisotopic (exact) mass is 371 g/mol. The van der Waals surface area contributed by atoms with Gasteiger partial charge in [-0.2, -0.15) is 20.3 Å². The van der Waals surface area contributed by atoms with Crippen LogP contribution in [0.25, 0.3) is 22.0 Å². The standard InChI is InChI=1S/C20H17N7O/c1-2-27-23-12-19(25-27)24-20(28)13-26-18-7-6-16(9-17(18)11-22-26)15-5-3-4-14(8-15)10-21/h3-9,11-12H,2,13H2,1H3,(H,24,25,28). The first-order valence-corrected chi connectivity index (χ1v) is 8.82. The number of rotatable bonds is 5. The third-order valence-electron chi connectivity index (χ3n) is 4.35. The molecule has 0 spiro atoms. The van der Waals surface area contributed by atoms with E-state index in [0.29, 0.717) is 17.9 Å². The summed E-state index contributed by atoms with van der Waals surface area (Å²) in [5, 5.41) is 25.2. The van der Waals surface area contributed by atoms with Crippen LogP contribution in [0.3, 0.4) is 0 Å². The molecule has 1 N–H and O–H groups in total. The smallest absolute Gasteiger partial charge is 0.247 e. The number of nitriles is 1. The number of fused-ring (bicyclic) bond motifs is 1. The van der Waals surface area contributed by atoms with Gasteiger partial charge < -0.3 is 5.32 Å². The lowest BCUT2D eigenvalue weighted by molar-refractivity contribution is -0.116. The molecule has 8 heteroatoms. The Morgan fingerprint density at radius 1 is 1.14 bits per heavy atom. The first-order valence-electron chi connectivity index (χ1n) is 8.82. The van der Waals surface area contributed by atoms with Gasteiger partial charge in [-0.15, -0.1) is 5.10 Å². The summed E-state index contributed by atoms with van der Waals surface area (Å²) in [6.45, 7) is 2.64. The lowest BCUT2D eigenvalue weighted by Gasteiger charge is -2.05. The summed E-state index contributed by atoms with van der Waals surface area (Å²) in [4.78, 5) is 13.8. The van der Waals surface area contributed by atoms with E-state index in [1.807, 2.05) is 43.3 Å². The first kappa shape index (κ1) is 17.4. The van der Waals surface area contributed by atoms with Gasteiger partial charge in [-0.3, -0.25) is 9.48 Å². The zero-order valence-electron chi connectivity index (χ0n) is 15.2. The minimum absolute atomic E-state index is 0.0751. The van der Waals surface area contributed by atoms with Gasteiger partial charge in [0, 0.05) is 5.39 Å². The summed E-state index contributed by atoms with van der Waals surface area (Å²) in [7, 11) is 0. The van der Waals surface area contributed by atoms with E-state index in [-0.39, 0.29) is 12.5 Å². The molecule has 1 amide bonds. The fraction of sp³-hybridized carbons (Fsp3) is 0.150. The molecule has 2 aromatic heterocycles. The van der Waals surface area contributed by atoms with Gasteiger partial charge in [-0.25, -0.2) is 0 Å². The quantitative estimate of drug-likeness (QED) is 0.581. The minimum atomic E-state index is -0.223. The molecule has 2 heterocycles. The van der Waals surface area contributed by atoms with Crippen LogP contribution < -0.4 is 5.32 Å². The summed E-state index contributed by atoms with van der Waals surface area (Å²) in [5.41, 5.74) is 3.42. The van der Waals surface area contributed by atoms with Crippen molar-refractivity contribution in [2.45, 2.75) is 20.0 Å². The Labute approximate surface area is 161 Å². The van der Waals surface area contributed by atoms with E-state index in [1.165, 1.54) is 11.0 Å². The van der Waals surface area contributed by atoms with Gasteiger partial charge in [0.25, 0.3) is 0 Å². The van der Waals surface area contributed by atoms with E-state index in [1.54, 1.807) is 16.9 Å². The average Bonchev–Trinajstić information content (AvgIpc) is 3.34. The Hall–Kier alpha value is -3.99. The molecule has 0 aliphatic carbocycles. The van der Waals surface area contributed by atoms with Crippen molar-refractivity contribution in [3.05, 3.63) is 60.4 Å². The van der Waals surface area contributed by atoms with E-state index < -0.39 is 0 Å². The van der Waals surface area contributed by atoms with Crippen molar-refractivity contribution in [1.29, 1.82) is 5.26 Å². The van der Waals surface area contributed by atoms with Crippen LogP contribution in [0.5, 0.6) is 0 Å². The molecule has 0 radical (unpaired) electrons. The van der Waals surface area contributed by atoms with Crippen molar-refractivity contribution in [1.82, 2.24) is 24.8 Å². The summed E-state index contributed by atoms with van der Waals surface area (Å²) in [6.07, 6.45) is 3.25. The first-order chi connectivity index (χ1) is 13.7. The molecule has 0 bridgehead atoms. The zero-order chi connectivity index (χ0) is 19.5. The minimum Gasteiger partial charge on any atom is -0.306 e. The molecule has 0 atom stereocenters. The van der Waals surface area contributed by atoms with Crippen LogP contribution in [-0.4, -0.2) is 30.7 Å². The van der Waals surface area contributed by atoms with Crippen molar-refractivity contribution in [2.75, 3.05) is 5.32 Å². The summed E-state index contributed by atoms with van der Waals surface area (Å²) in [6, 6.07) is 15.5. The van der Waals surface area contributed by atoms with Crippen LogP contribution in [-0.2, 0) is 17.9 Å². The van der Waals surface area contributed by atoms with Crippen molar-refractivity contribution < 1.29 is 4.79 Å². The Morgan fingerprint density at radius 3 is 2.79 bits per heavy atom. The fourth-order valence-corrected chi connectivity index (χ4v) is 2.99. The number of nitrogens with zero attached hydrogens (tertiary/aromatic N) is 6. The molecule has 0 aliphatic heterocycles. The number of amides is 1. The van der Waals surface area contributed by atoms with E-state index in [4.69, 9.17) is 5.26 Å². The Balaban J connectivity index is 1.54. The summed E-state index contributed by atoms with van der Waals surface area (Å²) in [5.74, 6) is 0.196. The number of aromatic nitrogens is 5. The zero-order valence-corrected chi connectivity index (χ0v) is 15.2. The number of hydrogen-bond acceptors (Lipinski definition) is 5. The maximum atomic E-state index is 12.3.